The summed E-state index contributed by atoms with van der Waals surface area (Å²) in [5.74, 6) is 0.414. The van der Waals surface area contributed by atoms with Crippen LogP contribution in [0.15, 0.2) is 9.59 Å². The monoisotopic (exact) mass is 356 g/mol. The van der Waals surface area contributed by atoms with Crippen molar-refractivity contribution in [2.75, 3.05) is 24.7 Å². The summed E-state index contributed by atoms with van der Waals surface area (Å²) in [6.45, 7) is 0.901. The molecule has 0 unspecified atom stereocenters. The van der Waals surface area contributed by atoms with E-state index in [2.05, 4.69) is 15.3 Å². The predicted octanol–water partition coefficient (Wildman–Crippen LogP) is -1.20. The van der Waals surface area contributed by atoms with Crippen molar-refractivity contribution in [2.24, 2.45) is 14.1 Å². The molecule has 0 aliphatic carbocycles. The number of rotatable bonds is 4. The van der Waals surface area contributed by atoms with Crippen LogP contribution in [0.3, 0.4) is 0 Å². The van der Waals surface area contributed by atoms with Gasteiger partial charge in [0.15, 0.2) is 11.2 Å². The van der Waals surface area contributed by atoms with Crippen LogP contribution < -0.4 is 16.6 Å². The summed E-state index contributed by atoms with van der Waals surface area (Å²) in [5, 5.41) is 3.10. The Morgan fingerprint density at radius 2 is 2.00 bits per heavy atom. The second-order valence-electron chi connectivity index (χ2n) is 6.04. The minimum absolute atomic E-state index is 0.151. The summed E-state index contributed by atoms with van der Waals surface area (Å²) in [6, 6.07) is -0.151. The smallest absolute Gasteiger partial charge is 0.329 e. The molecule has 3 heterocycles. The average molecular weight is 356 g/mol. The Morgan fingerprint density at radius 1 is 1.29 bits per heavy atom. The van der Waals surface area contributed by atoms with Gasteiger partial charge in [0.05, 0.1) is 6.26 Å². The molecule has 1 atom stereocenters. The van der Waals surface area contributed by atoms with E-state index in [1.54, 1.807) is 11.6 Å². The summed E-state index contributed by atoms with van der Waals surface area (Å²) in [5.41, 5.74) is -0.475. The van der Waals surface area contributed by atoms with Crippen molar-refractivity contribution in [1.82, 2.24) is 23.4 Å². The summed E-state index contributed by atoms with van der Waals surface area (Å²) >= 11 is 0. The second kappa shape index (κ2) is 5.74. The molecule has 3 rings (SSSR count). The number of hydrogen-bond donors (Lipinski definition) is 2. The van der Waals surface area contributed by atoms with Crippen LogP contribution in [0.25, 0.3) is 11.2 Å². The number of nitrogens with zero attached hydrogens (tertiary/aromatic N) is 4. The lowest BCUT2D eigenvalue weighted by atomic mass is 10.2. The first-order valence-electron chi connectivity index (χ1n) is 7.56. The Kier molecular flexibility index (Phi) is 4.00. The molecule has 24 heavy (non-hydrogen) atoms. The van der Waals surface area contributed by atoms with Gasteiger partial charge in [-0.2, -0.15) is 9.29 Å². The van der Waals surface area contributed by atoms with E-state index in [1.807, 2.05) is 0 Å². The first-order valence-corrected chi connectivity index (χ1v) is 9.41. The van der Waals surface area contributed by atoms with E-state index in [4.69, 9.17) is 0 Å². The fourth-order valence-electron chi connectivity index (χ4n) is 3.13. The third-order valence-electron chi connectivity index (χ3n) is 4.38. The Labute approximate surface area is 138 Å². The van der Waals surface area contributed by atoms with Gasteiger partial charge >= 0.3 is 5.69 Å². The molecule has 0 radical (unpaired) electrons. The van der Waals surface area contributed by atoms with Crippen LogP contribution in [0.4, 0.5) is 5.95 Å². The number of aromatic amines is 1. The highest BCUT2D eigenvalue weighted by atomic mass is 32.2. The summed E-state index contributed by atoms with van der Waals surface area (Å²) in [6.07, 6.45) is 2.79. The van der Waals surface area contributed by atoms with E-state index in [9.17, 15) is 18.0 Å². The Hall–Kier alpha value is -2.14. The maximum atomic E-state index is 12.0. The van der Waals surface area contributed by atoms with Gasteiger partial charge < -0.3 is 9.88 Å². The molecule has 0 saturated carbocycles. The molecule has 10 nitrogen and oxygen atoms in total. The summed E-state index contributed by atoms with van der Waals surface area (Å²) in [4.78, 5) is 30.2. The lowest BCUT2D eigenvalue weighted by Crippen LogP contribution is -2.39. The number of H-pyrrole nitrogens is 1. The number of fused-ring (bicyclic) bond motifs is 1. The molecule has 0 bridgehead atoms. The standard InChI is InChI=1S/C13H20N6O4S/c1-17-9-10(18(2)13(21)16-11(9)20)15-12(17)14-7-8-5-4-6-19(8)24(3,22)23/h8H,4-7H2,1-3H3,(H,14,15)(H,16,20,21)/t8-/m1/s1. The van der Waals surface area contributed by atoms with Crippen molar-refractivity contribution >= 4 is 27.1 Å². The molecular weight excluding hydrogens is 336 g/mol. The molecule has 2 aromatic heterocycles. The van der Waals surface area contributed by atoms with Crippen molar-refractivity contribution in [1.29, 1.82) is 0 Å². The molecule has 1 aliphatic heterocycles. The first kappa shape index (κ1) is 16.7. The van der Waals surface area contributed by atoms with Gasteiger partial charge in [-0.15, -0.1) is 0 Å². The van der Waals surface area contributed by atoms with Crippen LogP contribution in [0, 0.1) is 0 Å². The first-order chi connectivity index (χ1) is 11.2. The normalized spacial score (nSPS) is 19.2. The van der Waals surface area contributed by atoms with Crippen molar-refractivity contribution in [3.63, 3.8) is 0 Å². The van der Waals surface area contributed by atoms with E-state index in [0.29, 0.717) is 19.0 Å². The molecule has 2 N–H and O–H groups in total. The van der Waals surface area contributed by atoms with E-state index in [-0.39, 0.29) is 17.2 Å². The topological polar surface area (TPSA) is 122 Å². The molecule has 0 aromatic carbocycles. The highest BCUT2D eigenvalue weighted by molar-refractivity contribution is 7.88. The fourth-order valence-corrected chi connectivity index (χ4v) is 4.31. The largest absolute Gasteiger partial charge is 0.354 e. The average Bonchev–Trinajstić information content (AvgIpc) is 3.07. The molecule has 2 aromatic rings. The van der Waals surface area contributed by atoms with Gasteiger partial charge in [0, 0.05) is 33.2 Å². The van der Waals surface area contributed by atoms with Gasteiger partial charge in [-0.3, -0.25) is 14.3 Å². The molecule has 1 saturated heterocycles. The highest BCUT2D eigenvalue weighted by Crippen LogP contribution is 2.21. The summed E-state index contributed by atoms with van der Waals surface area (Å²) in [7, 11) is -0.0497. The van der Waals surface area contributed by atoms with Crippen molar-refractivity contribution in [2.45, 2.75) is 18.9 Å². The van der Waals surface area contributed by atoms with Gasteiger partial charge in [0.25, 0.3) is 5.56 Å². The fraction of sp³-hybridized carbons (Fsp3) is 0.615. The van der Waals surface area contributed by atoms with Gasteiger partial charge in [0.2, 0.25) is 16.0 Å². The number of imidazole rings is 1. The van der Waals surface area contributed by atoms with Crippen molar-refractivity contribution in [3.05, 3.63) is 20.8 Å². The molecule has 0 spiro atoms. The van der Waals surface area contributed by atoms with Crippen molar-refractivity contribution in [3.8, 4) is 0 Å². The predicted molar refractivity (Wildman–Crippen MR) is 89.6 cm³/mol. The quantitative estimate of drug-likeness (QED) is 0.709. The number of aryl methyl sites for hydroxylation is 2. The number of hydrogen-bond acceptors (Lipinski definition) is 6. The van der Waals surface area contributed by atoms with Crippen LogP contribution in [0.5, 0.6) is 0 Å². The third-order valence-corrected chi connectivity index (χ3v) is 5.71. The van der Waals surface area contributed by atoms with E-state index < -0.39 is 21.3 Å². The Balaban J connectivity index is 1.90. The maximum absolute atomic E-state index is 12.0. The van der Waals surface area contributed by atoms with Gasteiger partial charge in [-0.1, -0.05) is 0 Å². The van der Waals surface area contributed by atoms with E-state index in [1.165, 1.54) is 22.2 Å². The highest BCUT2D eigenvalue weighted by Gasteiger charge is 2.31. The zero-order valence-electron chi connectivity index (χ0n) is 13.7. The maximum Gasteiger partial charge on any atom is 0.329 e. The number of sulfonamides is 1. The molecule has 0 amide bonds. The molecular formula is C13H20N6O4S. The number of aromatic nitrogens is 4. The lowest BCUT2D eigenvalue weighted by molar-refractivity contribution is 0.402. The molecule has 1 fully saturated rings. The van der Waals surface area contributed by atoms with Crippen LogP contribution in [0.2, 0.25) is 0 Å². The summed E-state index contributed by atoms with van der Waals surface area (Å²) < 4.78 is 27.9. The molecule has 132 valence electrons. The zero-order valence-corrected chi connectivity index (χ0v) is 14.6. The van der Waals surface area contributed by atoms with Crippen LogP contribution in [-0.2, 0) is 24.1 Å². The lowest BCUT2D eigenvalue weighted by Gasteiger charge is -2.22. The van der Waals surface area contributed by atoms with Crippen molar-refractivity contribution < 1.29 is 8.42 Å². The van der Waals surface area contributed by atoms with Crippen LogP contribution in [0.1, 0.15) is 12.8 Å². The van der Waals surface area contributed by atoms with Crippen LogP contribution in [-0.4, -0.2) is 57.2 Å². The number of nitrogens with one attached hydrogen (secondary N) is 2. The van der Waals surface area contributed by atoms with E-state index >= 15 is 0 Å². The second-order valence-corrected chi connectivity index (χ2v) is 7.97. The zero-order chi connectivity index (χ0) is 17.6. The minimum Gasteiger partial charge on any atom is -0.354 e. The Bertz CT molecular complexity index is 1000. The third kappa shape index (κ3) is 2.73. The molecule has 1 aliphatic rings. The SMILES string of the molecule is Cn1c(NC[C@H]2CCCN2S(C)(=O)=O)nc2c1c(=O)[nH]c(=O)n2C. The van der Waals surface area contributed by atoms with E-state index in [0.717, 1.165) is 12.8 Å². The Morgan fingerprint density at radius 3 is 2.67 bits per heavy atom. The van der Waals surface area contributed by atoms with Gasteiger partial charge in [-0.05, 0) is 12.8 Å². The molecule has 11 heteroatoms. The van der Waals surface area contributed by atoms with Crippen LogP contribution >= 0.6 is 0 Å². The minimum atomic E-state index is -3.24. The van der Waals surface area contributed by atoms with Gasteiger partial charge in [-0.25, -0.2) is 13.2 Å². The van der Waals surface area contributed by atoms with Gasteiger partial charge in [0.1, 0.15) is 0 Å². The number of anilines is 1.